The van der Waals surface area contributed by atoms with Gasteiger partial charge in [0.15, 0.2) is 0 Å². The zero-order valence-electron chi connectivity index (χ0n) is 4.06. The topological polar surface area (TPSA) is 3.24 Å². The van der Waals surface area contributed by atoms with Crippen LogP contribution in [0, 0.1) is 6.92 Å². The third kappa shape index (κ3) is 2.15. The van der Waals surface area contributed by atoms with E-state index >= 15 is 0 Å². The number of rotatable bonds is 0. The molecule has 0 bridgehead atoms. The monoisotopic (exact) mass is 102 g/mol. The quantitative estimate of drug-likeness (QED) is 0.414. The Morgan fingerprint density at radius 2 is 1.83 bits per heavy atom. The molecule has 0 N–H and O–H groups in total. The Bertz CT molecular complexity index is 58.6. The molecule has 0 spiro atoms. The minimum atomic E-state index is 0.676. The lowest BCUT2D eigenvalue weighted by molar-refractivity contribution is 0.639. The predicted octanol–water partition coefficient (Wildman–Crippen LogP) is 0.709. The molecule has 0 amide bonds. The van der Waals surface area contributed by atoms with Crippen molar-refractivity contribution in [1.82, 2.24) is 4.90 Å². The van der Waals surface area contributed by atoms with Gasteiger partial charge in [0.2, 0.25) is 0 Å². The van der Waals surface area contributed by atoms with E-state index in [-0.39, 0.29) is 0 Å². The summed E-state index contributed by atoms with van der Waals surface area (Å²) in [7, 11) is 3.74. The molecule has 0 saturated heterocycles. The summed E-state index contributed by atoms with van der Waals surface area (Å²) in [6.45, 7) is 3.50. The van der Waals surface area contributed by atoms with Crippen LogP contribution in [0.2, 0.25) is 0 Å². The van der Waals surface area contributed by atoms with E-state index in [4.69, 9.17) is 0 Å². The van der Waals surface area contributed by atoms with Gasteiger partial charge in [0, 0.05) is 21.0 Å². The van der Waals surface area contributed by atoms with Crippen LogP contribution >= 0.6 is 12.2 Å². The molecule has 0 saturated carbocycles. The lowest BCUT2D eigenvalue weighted by atomic mass is 10.7. The second-order valence-electron chi connectivity index (χ2n) is 1.29. The van der Waals surface area contributed by atoms with E-state index in [2.05, 4.69) is 19.1 Å². The summed E-state index contributed by atoms with van der Waals surface area (Å²) >= 11 is 4.63. The van der Waals surface area contributed by atoms with Gasteiger partial charge in [-0.05, 0) is 0 Å². The lowest BCUT2D eigenvalue weighted by Crippen LogP contribution is -2.15. The van der Waals surface area contributed by atoms with Crippen molar-refractivity contribution in [2.45, 2.75) is 0 Å². The first kappa shape index (κ1) is 5.89. The molecule has 0 atom stereocenters. The van der Waals surface area contributed by atoms with E-state index in [0.717, 1.165) is 0 Å². The molecule has 1 nitrogen and oxygen atoms in total. The Kier molecular flexibility index (Phi) is 2.09. The van der Waals surface area contributed by atoms with E-state index in [1.807, 2.05) is 14.1 Å². The van der Waals surface area contributed by atoms with Crippen LogP contribution in [0.1, 0.15) is 0 Å². The van der Waals surface area contributed by atoms with Gasteiger partial charge in [0.1, 0.15) is 0 Å². The van der Waals surface area contributed by atoms with Gasteiger partial charge in [-0.15, -0.1) is 0 Å². The number of hydrogen-bond acceptors (Lipinski definition) is 1. The van der Waals surface area contributed by atoms with Crippen molar-refractivity contribution in [3.05, 3.63) is 6.92 Å². The van der Waals surface area contributed by atoms with Crippen LogP contribution in [-0.4, -0.2) is 24.0 Å². The molecule has 0 rings (SSSR count). The van der Waals surface area contributed by atoms with Crippen LogP contribution in [0.5, 0.6) is 0 Å². The molecule has 2 heteroatoms. The standard InChI is InChI=1S/C4H8NS/c1-4(6)5(2)3/h1H2,2-3H3. The summed E-state index contributed by atoms with van der Waals surface area (Å²) in [5, 5.41) is 0. The number of nitrogens with zero attached hydrogens (tertiary/aromatic N) is 1. The Hall–Kier alpha value is -0.110. The summed E-state index contributed by atoms with van der Waals surface area (Å²) in [6, 6.07) is 0. The fourth-order valence-electron chi connectivity index (χ4n) is 0. The molecule has 0 aromatic heterocycles. The van der Waals surface area contributed by atoms with Crippen LogP contribution in [0.25, 0.3) is 0 Å². The van der Waals surface area contributed by atoms with Gasteiger partial charge in [0.25, 0.3) is 0 Å². The maximum atomic E-state index is 4.63. The maximum Gasteiger partial charge on any atom is 0.0778 e. The van der Waals surface area contributed by atoms with Crippen LogP contribution in [0.3, 0.4) is 0 Å². The number of hydrogen-bond donors (Lipinski definition) is 0. The Morgan fingerprint density at radius 3 is 1.83 bits per heavy atom. The molecule has 0 aliphatic heterocycles. The van der Waals surface area contributed by atoms with Crippen molar-refractivity contribution in [1.29, 1.82) is 0 Å². The molecule has 0 aromatic rings. The van der Waals surface area contributed by atoms with Crippen LogP contribution in [0.4, 0.5) is 0 Å². The Labute approximate surface area is 44.0 Å². The lowest BCUT2D eigenvalue weighted by Gasteiger charge is -2.06. The molecule has 0 aliphatic rings. The van der Waals surface area contributed by atoms with Crippen molar-refractivity contribution >= 4 is 17.2 Å². The summed E-state index contributed by atoms with van der Waals surface area (Å²) in [4.78, 5) is 2.46. The van der Waals surface area contributed by atoms with Gasteiger partial charge in [-0.25, -0.2) is 0 Å². The van der Waals surface area contributed by atoms with Gasteiger partial charge < -0.3 is 4.90 Å². The summed E-state index contributed by atoms with van der Waals surface area (Å²) in [5.74, 6) is 0. The first-order valence-corrected chi connectivity index (χ1v) is 2.08. The minimum absolute atomic E-state index is 0.676. The van der Waals surface area contributed by atoms with Gasteiger partial charge in [-0.2, -0.15) is 0 Å². The normalized spacial score (nSPS) is 7.83. The zero-order chi connectivity index (χ0) is 5.15. The van der Waals surface area contributed by atoms with E-state index in [1.54, 1.807) is 4.90 Å². The molecule has 0 fully saturated rings. The first-order valence-electron chi connectivity index (χ1n) is 1.68. The molecule has 1 radical (unpaired) electrons. The maximum absolute atomic E-state index is 4.63. The SMILES string of the molecule is [CH2]C(=S)N(C)C. The average Bonchev–Trinajstić information content (AvgIpc) is 1.36. The van der Waals surface area contributed by atoms with Crippen LogP contribution in [0.15, 0.2) is 0 Å². The average molecular weight is 102 g/mol. The third-order valence-electron chi connectivity index (χ3n) is 0.499. The van der Waals surface area contributed by atoms with E-state index in [0.29, 0.717) is 4.99 Å². The first-order chi connectivity index (χ1) is 2.64. The highest BCUT2D eigenvalue weighted by Crippen LogP contribution is 1.75. The second kappa shape index (κ2) is 2.13. The Morgan fingerprint density at radius 1 is 1.67 bits per heavy atom. The van der Waals surface area contributed by atoms with Crippen molar-refractivity contribution < 1.29 is 0 Å². The van der Waals surface area contributed by atoms with E-state index in [1.165, 1.54) is 0 Å². The highest BCUT2D eigenvalue weighted by molar-refractivity contribution is 7.80. The molecule has 6 heavy (non-hydrogen) atoms. The molecule has 0 aromatic carbocycles. The third-order valence-corrected chi connectivity index (χ3v) is 0.864. The minimum Gasteiger partial charge on any atom is -0.372 e. The fraction of sp³-hybridized carbons (Fsp3) is 0.500. The molecular weight excluding hydrogens is 94.1 g/mol. The molecule has 35 valence electrons. The molecule has 0 unspecified atom stereocenters. The Balaban J connectivity index is 3.26. The van der Waals surface area contributed by atoms with Gasteiger partial charge in [-0.1, -0.05) is 12.2 Å². The second-order valence-corrected chi connectivity index (χ2v) is 1.76. The summed E-state index contributed by atoms with van der Waals surface area (Å²) in [6.07, 6.45) is 0. The van der Waals surface area contributed by atoms with Crippen LogP contribution in [-0.2, 0) is 0 Å². The fourth-order valence-corrected chi connectivity index (χ4v) is 0. The van der Waals surface area contributed by atoms with E-state index in [9.17, 15) is 0 Å². The van der Waals surface area contributed by atoms with Gasteiger partial charge in [-0.3, -0.25) is 0 Å². The number of thiocarbonyl (C=S) groups is 1. The zero-order valence-corrected chi connectivity index (χ0v) is 4.88. The largest absolute Gasteiger partial charge is 0.372 e. The summed E-state index contributed by atoms with van der Waals surface area (Å²) in [5.41, 5.74) is 0. The van der Waals surface area contributed by atoms with E-state index < -0.39 is 0 Å². The van der Waals surface area contributed by atoms with Crippen molar-refractivity contribution in [3.8, 4) is 0 Å². The highest BCUT2D eigenvalue weighted by atomic mass is 32.1. The smallest absolute Gasteiger partial charge is 0.0778 e. The van der Waals surface area contributed by atoms with Gasteiger partial charge >= 0.3 is 0 Å². The predicted molar refractivity (Wildman–Crippen MR) is 31.6 cm³/mol. The van der Waals surface area contributed by atoms with Crippen molar-refractivity contribution in [3.63, 3.8) is 0 Å². The van der Waals surface area contributed by atoms with Crippen LogP contribution < -0.4 is 0 Å². The summed E-state index contributed by atoms with van der Waals surface area (Å²) < 4.78 is 0. The molecule has 0 aliphatic carbocycles. The molecule has 0 heterocycles. The highest BCUT2D eigenvalue weighted by Gasteiger charge is 1.82. The van der Waals surface area contributed by atoms with Crippen molar-refractivity contribution in [2.24, 2.45) is 0 Å². The van der Waals surface area contributed by atoms with Crippen molar-refractivity contribution in [2.75, 3.05) is 14.1 Å². The van der Waals surface area contributed by atoms with Gasteiger partial charge in [0.05, 0.1) is 4.99 Å². The molecular formula is C4H8NS.